The van der Waals surface area contributed by atoms with E-state index >= 15 is 0 Å². The number of phenols is 1. The van der Waals surface area contributed by atoms with Crippen LogP contribution in [0.1, 0.15) is 24.5 Å². The Kier molecular flexibility index (Phi) is 7.06. The summed E-state index contributed by atoms with van der Waals surface area (Å²) in [4.78, 5) is 12.1. The lowest BCUT2D eigenvalue weighted by Crippen LogP contribution is -2.21. The molecule has 0 aromatic heterocycles. The molecule has 3 aromatic rings. The summed E-state index contributed by atoms with van der Waals surface area (Å²) in [5, 5.41) is 25.1. The minimum atomic E-state index is -0.869. The monoisotopic (exact) mass is 406 g/mol. The van der Waals surface area contributed by atoms with Gasteiger partial charge in [-0.25, -0.2) is 0 Å². The number of aromatic hydroxyl groups is 1. The van der Waals surface area contributed by atoms with E-state index in [1.165, 1.54) is 6.08 Å². The highest BCUT2D eigenvalue weighted by Crippen LogP contribution is 2.33. The molecule has 0 spiro atoms. The van der Waals surface area contributed by atoms with Crippen molar-refractivity contribution in [3.63, 3.8) is 0 Å². The van der Waals surface area contributed by atoms with E-state index in [2.05, 4.69) is 5.32 Å². The van der Waals surface area contributed by atoms with Crippen molar-refractivity contribution in [3.05, 3.63) is 78.4 Å². The fraction of sp³-hybridized carbons (Fsp3) is 0.208. The molecule has 0 radical (unpaired) electrons. The van der Waals surface area contributed by atoms with Gasteiger partial charge in [-0.05, 0) is 48.1 Å². The van der Waals surface area contributed by atoms with E-state index < -0.39 is 12.2 Å². The number of phenolic OH excluding ortho intramolecular Hbond substituents is 1. The Morgan fingerprint density at radius 2 is 1.80 bits per heavy atom. The Bertz CT molecular complexity index is 1050. The normalized spacial score (nSPS) is 13.4. The summed E-state index contributed by atoms with van der Waals surface area (Å²) in [6, 6.07) is 17.7. The molecule has 5 N–H and O–H groups in total. The van der Waals surface area contributed by atoms with Crippen LogP contribution in [0.5, 0.6) is 5.75 Å². The summed E-state index contributed by atoms with van der Waals surface area (Å²) in [7, 11) is 1.55. The molecule has 0 aliphatic heterocycles. The Morgan fingerprint density at radius 3 is 2.53 bits per heavy atom. The fourth-order valence-electron chi connectivity index (χ4n) is 3.41. The molecule has 0 aliphatic rings. The number of fused-ring (bicyclic) bond motifs is 1. The molecule has 6 heteroatoms. The highest BCUT2D eigenvalue weighted by Gasteiger charge is 2.22. The number of para-hydroxylation sites is 2. The summed E-state index contributed by atoms with van der Waals surface area (Å²) >= 11 is 0. The number of allylic oxidation sites excluding steroid dienone is 1. The number of hydrogen-bond donors (Lipinski definition) is 4. The maximum atomic E-state index is 12.1. The number of benzene rings is 3. The highest BCUT2D eigenvalue weighted by molar-refractivity contribution is 6.01. The Balaban J connectivity index is 1.62. The molecule has 6 nitrogen and oxygen atoms in total. The SMILES string of the molecule is CO[C@H](CC/C=C/C(=O)Nc1ccccc1N)[C@H](O)c1ccc(O)c2ccccc12. The van der Waals surface area contributed by atoms with Crippen molar-refractivity contribution in [2.45, 2.75) is 25.0 Å². The first-order valence-electron chi connectivity index (χ1n) is 9.74. The van der Waals surface area contributed by atoms with Gasteiger partial charge >= 0.3 is 0 Å². The van der Waals surface area contributed by atoms with Gasteiger partial charge < -0.3 is 26.0 Å². The van der Waals surface area contributed by atoms with Crippen molar-refractivity contribution in [1.82, 2.24) is 0 Å². The molecule has 0 heterocycles. The van der Waals surface area contributed by atoms with Crippen LogP contribution in [-0.2, 0) is 9.53 Å². The number of aliphatic hydroxyl groups excluding tert-OH is 1. The number of anilines is 2. The molecule has 0 bridgehead atoms. The van der Waals surface area contributed by atoms with Crippen LogP contribution in [0.4, 0.5) is 11.4 Å². The van der Waals surface area contributed by atoms with Gasteiger partial charge in [-0.3, -0.25) is 4.79 Å². The van der Waals surface area contributed by atoms with Crippen molar-refractivity contribution in [2.75, 3.05) is 18.2 Å². The second kappa shape index (κ2) is 9.91. The van der Waals surface area contributed by atoms with Crippen molar-refractivity contribution in [3.8, 4) is 5.75 Å². The Hall–Kier alpha value is -3.35. The van der Waals surface area contributed by atoms with Gasteiger partial charge in [0.1, 0.15) is 11.9 Å². The van der Waals surface area contributed by atoms with Gasteiger partial charge in [0.15, 0.2) is 0 Å². The predicted octanol–water partition coefficient (Wildman–Crippen LogP) is 4.15. The zero-order valence-corrected chi connectivity index (χ0v) is 16.8. The number of aliphatic hydroxyl groups is 1. The maximum absolute atomic E-state index is 12.1. The van der Waals surface area contributed by atoms with Gasteiger partial charge in [0.2, 0.25) is 5.91 Å². The average Bonchev–Trinajstić information content (AvgIpc) is 2.75. The molecular formula is C24H26N2O4. The van der Waals surface area contributed by atoms with Crippen molar-refractivity contribution < 1.29 is 19.7 Å². The summed E-state index contributed by atoms with van der Waals surface area (Å²) in [6.45, 7) is 0. The number of ether oxygens (including phenoxy) is 1. The fourth-order valence-corrected chi connectivity index (χ4v) is 3.41. The lowest BCUT2D eigenvalue weighted by Gasteiger charge is -2.23. The third-order valence-electron chi connectivity index (χ3n) is 5.01. The van der Waals surface area contributed by atoms with Gasteiger partial charge in [-0.1, -0.05) is 48.5 Å². The Morgan fingerprint density at radius 1 is 1.10 bits per heavy atom. The predicted molar refractivity (Wildman–Crippen MR) is 119 cm³/mol. The van der Waals surface area contributed by atoms with Crippen LogP contribution in [0.15, 0.2) is 72.8 Å². The first-order valence-corrected chi connectivity index (χ1v) is 9.74. The molecular weight excluding hydrogens is 380 g/mol. The van der Waals surface area contributed by atoms with E-state index in [0.29, 0.717) is 35.2 Å². The third-order valence-corrected chi connectivity index (χ3v) is 5.01. The quantitative estimate of drug-likeness (QED) is 0.332. The van der Waals surface area contributed by atoms with Crippen molar-refractivity contribution in [1.29, 1.82) is 0 Å². The molecule has 3 aromatic carbocycles. The van der Waals surface area contributed by atoms with E-state index in [1.54, 1.807) is 49.6 Å². The summed E-state index contributed by atoms with van der Waals surface area (Å²) in [5.74, 6) is -0.101. The molecule has 1 amide bonds. The number of nitrogens with one attached hydrogen (secondary N) is 1. The molecule has 2 atom stereocenters. The largest absolute Gasteiger partial charge is 0.507 e. The smallest absolute Gasteiger partial charge is 0.248 e. The van der Waals surface area contributed by atoms with E-state index in [-0.39, 0.29) is 11.7 Å². The van der Waals surface area contributed by atoms with Crippen LogP contribution in [0.3, 0.4) is 0 Å². The molecule has 0 saturated heterocycles. The van der Waals surface area contributed by atoms with E-state index in [1.807, 2.05) is 24.3 Å². The molecule has 0 aliphatic carbocycles. The zero-order valence-electron chi connectivity index (χ0n) is 16.8. The van der Waals surface area contributed by atoms with Crippen LogP contribution in [-0.4, -0.2) is 29.3 Å². The number of carbonyl (C=O) groups is 1. The molecule has 30 heavy (non-hydrogen) atoms. The van der Waals surface area contributed by atoms with Crippen LogP contribution in [0.25, 0.3) is 10.8 Å². The van der Waals surface area contributed by atoms with Gasteiger partial charge in [0, 0.05) is 12.5 Å². The van der Waals surface area contributed by atoms with E-state index in [9.17, 15) is 15.0 Å². The molecule has 3 rings (SSSR count). The second-order valence-electron chi connectivity index (χ2n) is 6.99. The van der Waals surface area contributed by atoms with Crippen molar-refractivity contribution in [2.24, 2.45) is 0 Å². The minimum absolute atomic E-state index is 0.170. The van der Waals surface area contributed by atoms with Crippen molar-refractivity contribution >= 4 is 28.1 Å². The number of rotatable bonds is 8. The van der Waals surface area contributed by atoms with Crippen LogP contribution in [0, 0.1) is 0 Å². The molecule has 0 fully saturated rings. The summed E-state index contributed by atoms with van der Waals surface area (Å²) in [5.41, 5.74) is 7.58. The number of methoxy groups -OCH3 is 1. The number of nitrogen functional groups attached to an aromatic ring is 1. The molecule has 0 saturated carbocycles. The average molecular weight is 406 g/mol. The maximum Gasteiger partial charge on any atom is 0.248 e. The first kappa shape index (κ1) is 21.4. The second-order valence-corrected chi connectivity index (χ2v) is 6.99. The van der Waals surface area contributed by atoms with E-state index in [0.717, 1.165) is 5.39 Å². The third kappa shape index (κ3) is 4.97. The number of carbonyl (C=O) groups excluding carboxylic acids is 1. The standard InChI is InChI=1S/C24H26N2O4/c1-30-22(12-6-7-13-23(28)26-20-11-5-4-10-19(20)25)24(29)18-14-15-21(27)17-9-3-2-8-16(17)18/h2-5,7-11,13-15,22,24,27,29H,6,12,25H2,1H3,(H,26,28)/b13-7+/t22-,24-/m1/s1. The van der Waals surface area contributed by atoms with Crippen LogP contribution >= 0.6 is 0 Å². The van der Waals surface area contributed by atoms with Gasteiger partial charge in [-0.15, -0.1) is 0 Å². The number of hydrogen-bond acceptors (Lipinski definition) is 5. The molecule has 0 unspecified atom stereocenters. The summed E-state index contributed by atoms with van der Waals surface area (Å²) < 4.78 is 5.50. The first-order chi connectivity index (χ1) is 14.5. The van der Waals surface area contributed by atoms with Gasteiger partial charge in [0.05, 0.1) is 17.5 Å². The van der Waals surface area contributed by atoms with E-state index in [4.69, 9.17) is 10.5 Å². The zero-order chi connectivity index (χ0) is 21.5. The van der Waals surface area contributed by atoms with Crippen LogP contribution < -0.4 is 11.1 Å². The van der Waals surface area contributed by atoms with Gasteiger partial charge in [0.25, 0.3) is 0 Å². The lowest BCUT2D eigenvalue weighted by molar-refractivity contribution is -0.111. The number of amides is 1. The topological polar surface area (TPSA) is 105 Å². The molecule has 156 valence electrons. The lowest BCUT2D eigenvalue weighted by atomic mass is 9.95. The van der Waals surface area contributed by atoms with Gasteiger partial charge in [-0.2, -0.15) is 0 Å². The highest BCUT2D eigenvalue weighted by atomic mass is 16.5. The Labute approximate surface area is 175 Å². The summed E-state index contributed by atoms with van der Waals surface area (Å²) in [6.07, 6.45) is 2.92. The minimum Gasteiger partial charge on any atom is -0.507 e. The number of nitrogens with two attached hydrogens (primary N) is 1. The van der Waals surface area contributed by atoms with Crippen LogP contribution in [0.2, 0.25) is 0 Å².